The highest BCUT2D eigenvalue weighted by atomic mass is 15.1. The van der Waals surface area contributed by atoms with Crippen molar-refractivity contribution >= 4 is 11.4 Å². The van der Waals surface area contributed by atoms with E-state index in [2.05, 4.69) is 76.2 Å². The Morgan fingerprint density at radius 1 is 0.481 bits per heavy atom. The molecule has 2 aromatic carbocycles. The number of benzene rings is 2. The van der Waals surface area contributed by atoms with E-state index in [0.717, 1.165) is 17.8 Å². The zero-order chi connectivity index (χ0) is 20.6. The van der Waals surface area contributed by atoms with Crippen molar-refractivity contribution in [2.45, 2.75) is 82.6 Å². The van der Waals surface area contributed by atoms with Gasteiger partial charge in [0.05, 0.1) is 11.4 Å². The van der Waals surface area contributed by atoms with Crippen molar-refractivity contribution in [2.24, 2.45) is 16.1 Å². The Hall–Kier alpha value is -1.96. The van der Waals surface area contributed by atoms with Crippen LogP contribution in [0.4, 0.5) is 11.4 Å². The summed E-state index contributed by atoms with van der Waals surface area (Å²) >= 11 is 0. The molecular formula is C25H36N2. The first-order valence-electron chi connectivity index (χ1n) is 10.1. The van der Waals surface area contributed by atoms with Crippen LogP contribution in [0.2, 0.25) is 0 Å². The summed E-state index contributed by atoms with van der Waals surface area (Å²) in [4.78, 5) is 0. The standard InChI is InChI=1S/C25H36N2/c1-13(2)12-23-17(6)21(10)25(22(11)18(23)7)27-26-24-19(8)15(4)14(3)16(5)20(24)9/h13H,12H2,1-11H3. The Bertz CT molecular complexity index is 857. The van der Waals surface area contributed by atoms with Gasteiger partial charge in [-0.3, -0.25) is 0 Å². The maximum absolute atomic E-state index is 4.78. The van der Waals surface area contributed by atoms with Gasteiger partial charge in [-0.05, 0) is 130 Å². The van der Waals surface area contributed by atoms with Crippen LogP contribution >= 0.6 is 0 Å². The third kappa shape index (κ3) is 3.85. The van der Waals surface area contributed by atoms with Gasteiger partial charge in [-0.25, -0.2) is 0 Å². The third-order valence-corrected chi connectivity index (χ3v) is 6.56. The second kappa shape index (κ2) is 7.96. The lowest BCUT2D eigenvalue weighted by Crippen LogP contribution is -2.04. The fraction of sp³-hybridized carbons (Fsp3) is 0.520. The van der Waals surface area contributed by atoms with Crippen molar-refractivity contribution in [1.29, 1.82) is 0 Å². The fourth-order valence-corrected chi connectivity index (χ4v) is 3.97. The predicted molar refractivity (Wildman–Crippen MR) is 118 cm³/mol. The Kier molecular flexibility index (Phi) is 6.29. The van der Waals surface area contributed by atoms with Crippen molar-refractivity contribution in [3.8, 4) is 0 Å². The number of rotatable bonds is 4. The molecule has 2 rings (SSSR count). The van der Waals surface area contributed by atoms with Gasteiger partial charge in [0.1, 0.15) is 0 Å². The van der Waals surface area contributed by atoms with E-state index in [1.165, 1.54) is 55.6 Å². The van der Waals surface area contributed by atoms with E-state index in [4.69, 9.17) is 10.2 Å². The summed E-state index contributed by atoms with van der Waals surface area (Å²) in [6, 6.07) is 0. The van der Waals surface area contributed by atoms with Crippen LogP contribution in [0.15, 0.2) is 10.2 Å². The molecule has 2 heteroatoms. The Balaban J connectivity index is 2.63. The van der Waals surface area contributed by atoms with Crippen LogP contribution in [0.5, 0.6) is 0 Å². The molecule has 0 N–H and O–H groups in total. The first-order valence-corrected chi connectivity index (χ1v) is 10.1. The molecule has 0 amide bonds. The molecule has 0 fully saturated rings. The SMILES string of the molecule is Cc1c(C)c(C)c(N=Nc2c(C)c(C)c(CC(C)C)c(C)c2C)c(C)c1C. The van der Waals surface area contributed by atoms with Crippen LogP contribution in [0, 0.1) is 68.2 Å². The van der Waals surface area contributed by atoms with Crippen LogP contribution in [-0.2, 0) is 6.42 Å². The van der Waals surface area contributed by atoms with Crippen molar-refractivity contribution in [2.75, 3.05) is 0 Å². The van der Waals surface area contributed by atoms with Crippen molar-refractivity contribution in [3.05, 3.63) is 55.6 Å². The van der Waals surface area contributed by atoms with Gasteiger partial charge in [0.15, 0.2) is 0 Å². The lowest BCUT2D eigenvalue weighted by atomic mass is 9.88. The van der Waals surface area contributed by atoms with E-state index in [0.29, 0.717) is 5.92 Å². The molecule has 0 aliphatic rings. The third-order valence-electron chi connectivity index (χ3n) is 6.56. The van der Waals surface area contributed by atoms with Gasteiger partial charge in [0, 0.05) is 0 Å². The molecule has 27 heavy (non-hydrogen) atoms. The van der Waals surface area contributed by atoms with Gasteiger partial charge in [-0.1, -0.05) is 13.8 Å². The molecule has 2 nitrogen and oxygen atoms in total. The van der Waals surface area contributed by atoms with Crippen LogP contribution < -0.4 is 0 Å². The Morgan fingerprint density at radius 2 is 0.778 bits per heavy atom. The highest BCUT2D eigenvalue weighted by molar-refractivity contribution is 5.64. The zero-order valence-corrected chi connectivity index (χ0v) is 19.2. The molecule has 0 saturated heterocycles. The van der Waals surface area contributed by atoms with Crippen molar-refractivity contribution < 1.29 is 0 Å². The summed E-state index contributed by atoms with van der Waals surface area (Å²) < 4.78 is 0. The molecule has 0 radical (unpaired) electrons. The molecule has 0 spiro atoms. The molecule has 146 valence electrons. The highest BCUT2D eigenvalue weighted by Crippen LogP contribution is 2.37. The van der Waals surface area contributed by atoms with E-state index in [1.54, 1.807) is 0 Å². The lowest BCUT2D eigenvalue weighted by Gasteiger charge is -2.19. The summed E-state index contributed by atoms with van der Waals surface area (Å²) in [5, 5.41) is 9.53. The Labute approximate surface area is 166 Å². The van der Waals surface area contributed by atoms with Gasteiger partial charge in [0.2, 0.25) is 0 Å². The van der Waals surface area contributed by atoms with Crippen molar-refractivity contribution in [3.63, 3.8) is 0 Å². The molecule has 0 unspecified atom stereocenters. The first-order chi connectivity index (χ1) is 12.5. The quantitative estimate of drug-likeness (QED) is 0.490. The largest absolute Gasteiger partial charge is 0.150 e. The van der Waals surface area contributed by atoms with Gasteiger partial charge in [-0.15, -0.1) is 10.2 Å². The summed E-state index contributed by atoms with van der Waals surface area (Å²) in [5.41, 5.74) is 15.3. The van der Waals surface area contributed by atoms with Gasteiger partial charge < -0.3 is 0 Å². The van der Waals surface area contributed by atoms with E-state index in [9.17, 15) is 0 Å². The summed E-state index contributed by atoms with van der Waals surface area (Å²) in [6.45, 7) is 24.3. The van der Waals surface area contributed by atoms with Gasteiger partial charge >= 0.3 is 0 Å². The maximum atomic E-state index is 4.78. The number of hydrogen-bond donors (Lipinski definition) is 0. The van der Waals surface area contributed by atoms with E-state index in [-0.39, 0.29) is 0 Å². The minimum Gasteiger partial charge on any atom is -0.150 e. The van der Waals surface area contributed by atoms with Crippen LogP contribution in [-0.4, -0.2) is 0 Å². The molecule has 0 atom stereocenters. The van der Waals surface area contributed by atoms with E-state index >= 15 is 0 Å². The average Bonchev–Trinajstić information content (AvgIpc) is 2.62. The predicted octanol–water partition coefficient (Wildman–Crippen LogP) is 8.08. The summed E-state index contributed by atoms with van der Waals surface area (Å²) in [6.07, 6.45) is 1.12. The van der Waals surface area contributed by atoms with Crippen LogP contribution in [0.1, 0.15) is 69.5 Å². The smallest absolute Gasteiger partial charge is 0.0920 e. The molecule has 2 aromatic rings. The highest BCUT2D eigenvalue weighted by Gasteiger charge is 2.16. The average molecular weight is 365 g/mol. The van der Waals surface area contributed by atoms with Crippen LogP contribution in [0.3, 0.4) is 0 Å². The minimum absolute atomic E-state index is 0.650. The molecule has 0 aliphatic heterocycles. The van der Waals surface area contributed by atoms with Gasteiger partial charge in [0.25, 0.3) is 0 Å². The number of nitrogens with zero attached hydrogens (tertiary/aromatic N) is 2. The normalized spacial score (nSPS) is 11.9. The molecular weight excluding hydrogens is 328 g/mol. The molecule has 0 aliphatic carbocycles. The monoisotopic (exact) mass is 364 g/mol. The first kappa shape index (κ1) is 21.3. The second-order valence-corrected chi connectivity index (χ2v) is 8.60. The number of hydrogen-bond acceptors (Lipinski definition) is 2. The summed E-state index contributed by atoms with van der Waals surface area (Å²) in [7, 11) is 0. The lowest BCUT2D eigenvalue weighted by molar-refractivity contribution is 0.641. The van der Waals surface area contributed by atoms with Gasteiger partial charge in [-0.2, -0.15) is 0 Å². The summed E-state index contributed by atoms with van der Waals surface area (Å²) in [5.74, 6) is 0.650. The van der Waals surface area contributed by atoms with E-state index in [1.807, 2.05) is 0 Å². The second-order valence-electron chi connectivity index (χ2n) is 8.60. The van der Waals surface area contributed by atoms with E-state index < -0.39 is 0 Å². The fourth-order valence-electron chi connectivity index (χ4n) is 3.97. The van der Waals surface area contributed by atoms with Crippen LogP contribution in [0.25, 0.3) is 0 Å². The Morgan fingerprint density at radius 3 is 1.11 bits per heavy atom. The topological polar surface area (TPSA) is 24.7 Å². The molecule has 0 saturated carbocycles. The molecule has 0 heterocycles. The minimum atomic E-state index is 0.650. The maximum Gasteiger partial charge on any atom is 0.0920 e. The van der Waals surface area contributed by atoms with Crippen molar-refractivity contribution in [1.82, 2.24) is 0 Å². The zero-order valence-electron chi connectivity index (χ0n) is 19.2. The molecule has 0 aromatic heterocycles. The number of azo groups is 1. The molecule has 0 bridgehead atoms.